The Morgan fingerprint density at radius 2 is 1.57 bits per heavy atom. The summed E-state index contributed by atoms with van der Waals surface area (Å²) in [4.78, 5) is 0. The largest absolute Gasteiger partial charge is 0.382 e. The highest BCUT2D eigenvalue weighted by Crippen LogP contribution is 2.17. The summed E-state index contributed by atoms with van der Waals surface area (Å²) in [5.74, 6) is 0. The zero-order valence-electron chi connectivity index (χ0n) is 7.37. The maximum atomic E-state index is 11.2. The number of methoxy groups -OCH3 is 1. The van der Waals surface area contributed by atoms with Crippen molar-refractivity contribution >= 4 is 20.2 Å². The lowest BCUT2D eigenvalue weighted by molar-refractivity contribution is 0.205. The molecule has 84 valence electrons. The predicted octanol–water partition coefficient (Wildman–Crippen LogP) is -1.33. The van der Waals surface area contributed by atoms with Crippen LogP contribution in [0.1, 0.15) is 0 Å². The van der Waals surface area contributed by atoms with Crippen LogP contribution in [0.4, 0.5) is 0 Å². The molecule has 0 spiro atoms. The summed E-state index contributed by atoms with van der Waals surface area (Å²) in [6.07, 6.45) is 0. The van der Waals surface area contributed by atoms with E-state index in [-0.39, 0.29) is 13.2 Å². The van der Waals surface area contributed by atoms with Crippen molar-refractivity contribution in [3.05, 3.63) is 0 Å². The maximum absolute atomic E-state index is 11.2. The lowest BCUT2D eigenvalue weighted by Gasteiger charge is -2.11. The standard InChI is InChI=1S/C5H10O7S2/c1-10-4-5-13(6,7)11-2-3-12-14(5,8)9/h5H,2-4H2,1H3. The smallest absolute Gasteiger partial charge is 0.289 e. The van der Waals surface area contributed by atoms with Gasteiger partial charge in [-0.05, 0) is 0 Å². The zero-order valence-corrected chi connectivity index (χ0v) is 9.01. The van der Waals surface area contributed by atoms with Gasteiger partial charge in [0.15, 0.2) is 0 Å². The van der Waals surface area contributed by atoms with E-state index in [9.17, 15) is 16.8 Å². The van der Waals surface area contributed by atoms with Crippen molar-refractivity contribution in [1.29, 1.82) is 0 Å². The van der Waals surface area contributed by atoms with E-state index in [0.717, 1.165) is 0 Å². The second-order valence-electron chi connectivity index (χ2n) is 2.51. The van der Waals surface area contributed by atoms with Gasteiger partial charge in [-0.2, -0.15) is 16.8 Å². The minimum atomic E-state index is -4.17. The Bertz CT molecular complexity index is 344. The molecule has 0 aromatic rings. The first-order valence-corrected chi connectivity index (χ1v) is 6.60. The molecule has 1 heterocycles. The SMILES string of the molecule is COCC1S(=O)(=O)OCCOS1(=O)=O. The molecule has 0 radical (unpaired) electrons. The van der Waals surface area contributed by atoms with Crippen LogP contribution in [-0.4, -0.2) is 48.3 Å². The van der Waals surface area contributed by atoms with Crippen LogP contribution in [-0.2, 0) is 33.3 Å². The highest BCUT2D eigenvalue weighted by molar-refractivity contribution is 8.04. The molecule has 0 atom stereocenters. The molecule has 0 amide bonds. The molecule has 0 aromatic heterocycles. The van der Waals surface area contributed by atoms with E-state index >= 15 is 0 Å². The van der Waals surface area contributed by atoms with Gasteiger partial charge < -0.3 is 4.74 Å². The van der Waals surface area contributed by atoms with Gasteiger partial charge in [-0.1, -0.05) is 0 Å². The highest BCUT2D eigenvalue weighted by atomic mass is 32.3. The van der Waals surface area contributed by atoms with E-state index in [1.54, 1.807) is 0 Å². The average Bonchev–Trinajstić information content (AvgIpc) is 2.15. The van der Waals surface area contributed by atoms with Crippen molar-refractivity contribution in [2.24, 2.45) is 0 Å². The number of ether oxygens (including phenoxy) is 1. The molecule has 0 saturated carbocycles. The minimum absolute atomic E-state index is 0.304. The Morgan fingerprint density at radius 1 is 1.14 bits per heavy atom. The van der Waals surface area contributed by atoms with Crippen molar-refractivity contribution in [1.82, 2.24) is 0 Å². The zero-order chi connectivity index (χ0) is 10.8. The van der Waals surface area contributed by atoms with Gasteiger partial charge in [0.1, 0.15) is 0 Å². The summed E-state index contributed by atoms with van der Waals surface area (Å²) < 4.78 is 56.4. The summed E-state index contributed by atoms with van der Waals surface area (Å²) in [6, 6.07) is 0. The molecule has 1 rings (SSSR count). The topological polar surface area (TPSA) is 96.0 Å². The van der Waals surface area contributed by atoms with Crippen molar-refractivity contribution in [2.45, 2.75) is 4.58 Å². The van der Waals surface area contributed by atoms with Crippen LogP contribution in [0.15, 0.2) is 0 Å². The van der Waals surface area contributed by atoms with E-state index in [1.165, 1.54) is 7.11 Å². The third-order valence-corrected chi connectivity index (χ3v) is 5.49. The molecule has 14 heavy (non-hydrogen) atoms. The summed E-state index contributed by atoms with van der Waals surface area (Å²) in [6.45, 7) is -1.12. The Kier molecular flexibility index (Phi) is 3.48. The molecule has 9 heteroatoms. The first kappa shape index (κ1) is 11.9. The number of rotatable bonds is 2. The minimum Gasteiger partial charge on any atom is -0.382 e. The first-order valence-electron chi connectivity index (χ1n) is 3.65. The Labute approximate surface area is 82.2 Å². The van der Waals surface area contributed by atoms with Crippen molar-refractivity contribution < 1.29 is 29.9 Å². The van der Waals surface area contributed by atoms with Gasteiger partial charge in [0.05, 0.1) is 19.8 Å². The molecule has 0 unspecified atom stereocenters. The van der Waals surface area contributed by atoms with Gasteiger partial charge in [-0.25, -0.2) is 0 Å². The molecular formula is C5H10O7S2. The summed E-state index contributed by atoms with van der Waals surface area (Å²) in [5, 5.41) is 0. The fourth-order valence-corrected chi connectivity index (χ4v) is 3.90. The molecule has 1 fully saturated rings. The summed E-state index contributed by atoms with van der Waals surface area (Å²) in [7, 11) is -7.15. The molecule has 7 nitrogen and oxygen atoms in total. The second kappa shape index (κ2) is 4.11. The quantitative estimate of drug-likeness (QED) is 0.556. The van der Waals surface area contributed by atoms with Gasteiger partial charge in [0, 0.05) is 7.11 Å². The van der Waals surface area contributed by atoms with Crippen molar-refractivity contribution in [2.75, 3.05) is 26.9 Å². The van der Waals surface area contributed by atoms with E-state index in [0.29, 0.717) is 0 Å². The van der Waals surface area contributed by atoms with E-state index in [1.807, 2.05) is 0 Å². The maximum Gasteiger partial charge on any atom is 0.289 e. The van der Waals surface area contributed by atoms with Crippen LogP contribution in [0.5, 0.6) is 0 Å². The predicted molar refractivity (Wildman–Crippen MR) is 45.4 cm³/mol. The number of hydrogen-bond acceptors (Lipinski definition) is 7. The third-order valence-electron chi connectivity index (χ3n) is 1.53. The summed E-state index contributed by atoms with van der Waals surface area (Å²) in [5.41, 5.74) is 0. The summed E-state index contributed by atoms with van der Waals surface area (Å²) >= 11 is 0. The molecule has 0 aromatic carbocycles. The molecule has 0 aliphatic carbocycles. The van der Waals surface area contributed by atoms with Gasteiger partial charge in [-0.15, -0.1) is 0 Å². The van der Waals surface area contributed by atoms with Crippen LogP contribution in [0.3, 0.4) is 0 Å². The van der Waals surface area contributed by atoms with Crippen LogP contribution in [0, 0.1) is 0 Å². The molecule has 0 bridgehead atoms. The van der Waals surface area contributed by atoms with Gasteiger partial charge in [0.25, 0.3) is 20.2 Å². The van der Waals surface area contributed by atoms with E-state index in [2.05, 4.69) is 13.1 Å². The molecule has 1 aliphatic rings. The second-order valence-corrected chi connectivity index (χ2v) is 6.39. The van der Waals surface area contributed by atoms with Crippen LogP contribution in [0.25, 0.3) is 0 Å². The van der Waals surface area contributed by atoms with E-state index in [4.69, 9.17) is 0 Å². The lowest BCUT2D eigenvalue weighted by atomic mass is 10.8. The molecular weight excluding hydrogens is 236 g/mol. The number of hydrogen-bond donors (Lipinski definition) is 0. The van der Waals surface area contributed by atoms with Crippen molar-refractivity contribution in [3.8, 4) is 0 Å². The van der Waals surface area contributed by atoms with Crippen molar-refractivity contribution in [3.63, 3.8) is 0 Å². The Balaban J connectivity index is 3.10. The van der Waals surface area contributed by atoms with Crippen LogP contribution < -0.4 is 0 Å². The van der Waals surface area contributed by atoms with Crippen LogP contribution in [0.2, 0.25) is 0 Å². The Morgan fingerprint density at radius 3 is 1.93 bits per heavy atom. The lowest BCUT2D eigenvalue weighted by Crippen LogP contribution is -2.34. The average molecular weight is 246 g/mol. The Hall–Kier alpha value is -0.220. The third kappa shape index (κ3) is 2.42. The monoisotopic (exact) mass is 246 g/mol. The normalized spacial score (nSPS) is 26.9. The molecule has 1 saturated heterocycles. The highest BCUT2D eigenvalue weighted by Gasteiger charge is 2.42. The fourth-order valence-electron chi connectivity index (χ4n) is 0.899. The van der Waals surface area contributed by atoms with E-state index < -0.39 is 31.4 Å². The van der Waals surface area contributed by atoms with Gasteiger partial charge >= 0.3 is 0 Å². The van der Waals surface area contributed by atoms with Crippen LogP contribution >= 0.6 is 0 Å². The molecule has 1 aliphatic heterocycles. The van der Waals surface area contributed by atoms with Gasteiger partial charge in [-0.3, -0.25) is 8.37 Å². The van der Waals surface area contributed by atoms with Gasteiger partial charge in [0.2, 0.25) is 4.58 Å². The fraction of sp³-hybridized carbons (Fsp3) is 1.00. The molecule has 0 N–H and O–H groups in total. The first-order chi connectivity index (χ1) is 6.40.